The van der Waals surface area contributed by atoms with Crippen LogP contribution in [0.25, 0.3) is 0 Å². The summed E-state index contributed by atoms with van der Waals surface area (Å²) >= 11 is 0. The highest BCUT2D eigenvalue weighted by Crippen LogP contribution is 2.22. The Labute approximate surface area is 115 Å². The number of hydrogen-bond donors (Lipinski definition) is 4. The molecule has 2 aliphatic rings. The van der Waals surface area contributed by atoms with Gasteiger partial charge in [-0.15, -0.1) is 0 Å². The Bertz CT molecular complexity index is 284. The van der Waals surface area contributed by atoms with Crippen molar-refractivity contribution in [3.8, 4) is 0 Å². The summed E-state index contributed by atoms with van der Waals surface area (Å²) in [6.07, 6.45) is 8.09. The van der Waals surface area contributed by atoms with Crippen molar-refractivity contribution in [3.05, 3.63) is 0 Å². The van der Waals surface area contributed by atoms with E-state index in [2.05, 4.69) is 16.0 Å². The Morgan fingerprint density at radius 1 is 1.21 bits per heavy atom. The van der Waals surface area contributed by atoms with Crippen molar-refractivity contribution in [2.75, 3.05) is 26.2 Å². The Kier molecular flexibility index (Phi) is 5.45. The third kappa shape index (κ3) is 4.99. The fourth-order valence-corrected chi connectivity index (χ4v) is 3.04. The molecule has 1 aliphatic carbocycles. The van der Waals surface area contributed by atoms with Crippen molar-refractivity contribution >= 4 is 6.03 Å². The zero-order chi connectivity index (χ0) is 13.6. The fraction of sp³-hybridized carbons (Fsp3) is 0.929. The lowest BCUT2D eigenvalue weighted by atomic mass is 9.89. The van der Waals surface area contributed by atoms with Gasteiger partial charge in [-0.2, -0.15) is 0 Å². The van der Waals surface area contributed by atoms with Crippen LogP contribution in [0.2, 0.25) is 0 Å². The fourth-order valence-electron chi connectivity index (χ4n) is 3.04. The van der Waals surface area contributed by atoms with Crippen LogP contribution in [0.3, 0.4) is 0 Å². The standard InChI is InChI=1S/C14H27N3O2/c18-13(16-9-12-5-2-1-3-6-12)17-11-14(19)7-4-8-15-10-14/h12,15,19H,1-11H2,(H2,16,17,18). The second kappa shape index (κ2) is 7.10. The SMILES string of the molecule is O=C(NCC1CCCCC1)NCC1(O)CCCNC1. The minimum absolute atomic E-state index is 0.149. The molecule has 1 heterocycles. The maximum absolute atomic E-state index is 11.7. The second-order valence-electron chi connectivity index (χ2n) is 6.07. The van der Waals surface area contributed by atoms with Gasteiger partial charge >= 0.3 is 6.03 Å². The number of urea groups is 1. The lowest BCUT2D eigenvalue weighted by Crippen LogP contribution is -2.54. The van der Waals surface area contributed by atoms with Crippen LogP contribution in [0.5, 0.6) is 0 Å². The summed E-state index contributed by atoms with van der Waals surface area (Å²) in [6.45, 7) is 2.62. The van der Waals surface area contributed by atoms with Crippen molar-refractivity contribution in [2.45, 2.75) is 50.5 Å². The number of carbonyl (C=O) groups excluding carboxylic acids is 1. The first kappa shape index (κ1) is 14.6. The quantitative estimate of drug-likeness (QED) is 0.615. The predicted octanol–water partition coefficient (Wildman–Crippen LogP) is 0.980. The van der Waals surface area contributed by atoms with Gasteiger partial charge < -0.3 is 21.1 Å². The average molecular weight is 269 g/mol. The summed E-state index contributed by atoms with van der Waals surface area (Å²) in [5.74, 6) is 0.638. The molecule has 110 valence electrons. The molecule has 2 amide bonds. The predicted molar refractivity (Wildman–Crippen MR) is 75.0 cm³/mol. The summed E-state index contributed by atoms with van der Waals surface area (Å²) in [7, 11) is 0. The lowest BCUT2D eigenvalue weighted by Gasteiger charge is -2.32. The van der Waals surface area contributed by atoms with Crippen molar-refractivity contribution in [2.24, 2.45) is 5.92 Å². The molecular formula is C14H27N3O2. The van der Waals surface area contributed by atoms with Gasteiger partial charge in [-0.05, 0) is 38.1 Å². The van der Waals surface area contributed by atoms with Crippen LogP contribution in [-0.4, -0.2) is 42.9 Å². The van der Waals surface area contributed by atoms with Gasteiger partial charge in [0.2, 0.25) is 0 Å². The average Bonchev–Trinajstić information content (AvgIpc) is 2.45. The first-order chi connectivity index (χ1) is 9.18. The van der Waals surface area contributed by atoms with Gasteiger partial charge in [0, 0.05) is 19.6 Å². The Morgan fingerprint density at radius 2 is 2.00 bits per heavy atom. The summed E-state index contributed by atoms with van der Waals surface area (Å²) in [6, 6.07) is -0.149. The van der Waals surface area contributed by atoms with E-state index in [0.29, 0.717) is 19.0 Å². The van der Waals surface area contributed by atoms with Crippen LogP contribution in [0.1, 0.15) is 44.9 Å². The summed E-state index contributed by atoms with van der Waals surface area (Å²) in [4.78, 5) is 11.7. The highest BCUT2D eigenvalue weighted by Gasteiger charge is 2.29. The highest BCUT2D eigenvalue weighted by molar-refractivity contribution is 5.73. The zero-order valence-corrected chi connectivity index (χ0v) is 11.7. The summed E-state index contributed by atoms with van der Waals surface area (Å²) in [5, 5.41) is 19.1. The summed E-state index contributed by atoms with van der Waals surface area (Å²) in [5.41, 5.74) is -0.777. The molecule has 4 N–H and O–H groups in total. The minimum Gasteiger partial charge on any atom is -0.387 e. The van der Waals surface area contributed by atoms with Crippen molar-refractivity contribution in [1.82, 2.24) is 16.0 Å². The summed E-state index contributed by atoms with van der Waals surface area (Å²) < 4.78 is 0. The largest absolute Gasteiger partial charge is 0.387 e. The molecule has 0 spiro atoms. The third-order valence-electron chi connectivity index (χ3n) is 4.30. The molecule has 5 heteroatoms. The number of aliphatic hydroxyl groups is 1. The number of β-amino-alcohol motifs (C(OH)–C–C–N with tert-alkyl or cyclic N) is 1. The van der Waals surface area contributed by atoms with E-state index < -0.39 is 5.60 Å². The van der Waals surface area contributed by atoms with E-state index in [1.807, 2.05) is 0 Å². The third-order valence-corrected chi connectivity index (χ3v) is 4.30. The lowest BCUT2D eigenvalue weighted by molar-refractivity contribution is 0.0194. The molecule has 0 bridgehead atoms. The molecule has 5 nitrogen and oxygen atoms in total. The van der Waals surface area contributed by atoms with Crippen LogP contribution in [0.4, 0.5) is 4.79 Å². The number of nitrogens with one attached hydrogen (secondary N) is 3. The molecule has 1 aliphatic heterocycles. The number of rotatable bonds is 4. The highest BCUT2D eigenvalue weighted by atomic mass is 16.3. The maximum atomic E-state index is 11.7. The van der Waals surface area contributed by atoms with Crippen molar-refractivity contribution in [1.29, 1.82) is 0 Å². The number of piperidine rings is 1. The van der Waals surface area contributed by atoms with Crippen LogP contribution in [-0.2, 0) is 0 Å². The normalized spacial score (nSPS) is 28.9. The Balaban J connectivity index is 1.61. The number of amides is 2. The van der Waals surface area contributed by atoms with E-state index in [0.717, 1.165) is 25.9 Å². The zero-order valence-electron chi connectivity index (χ0n) is 11.7. The molecule has 1 saturated heterocycles. The Hall–Kier alpha value is -0.810. The van der Waals surface area contributed by atoms with Gasteiger partial charge in [-0.3, -0.25) is 0 Å². The number of hydrogen-bond acceptors (Lipinski definition) is 3. The monoisotopic (exact) mass is 269 g/mol. The molecule has 19 heavy (non-hydrogen) atoms. The molecule has 1 saturated carbocycles. The second-order valence-corrected chi connectivity index (χ2v) is 6.07. The molecule has 1 atom stereocenters. The van der Waals surface area contributed by atoms with Crippen LogP contribution in [0, 0.1) is 5.92 Å². The van der Waals surface area contributed by atoms with Crippen LogP contribution >= 0.6 is 0 Å². The van der Waals surface area contributed by atoms with E-state index in [4.69, 9.17) is 0 Å². The topological polar surface area (TPSA) is 73.4 Å². The first-order valence-electron chi connectivity index (χ1n) is 7.63. The molecule has 2 rings (SSSR count). The molecule has 0 aromatic carbocycles. The van der Waals surface area contributed by atoms with E-state index in [1.165, 1.54) is 32.1 Å². The van der Waals surface area contributed by atoms with Crippen LogP contribution < -0.4 is 16.0 Å². The van der Waals surface area contributed by atoms with Gasteiger partial charge in [0.1, 0.15) is 0 Å². The first-order valence-corrected chi connectivity index (χ1v) is 7.63. The molecule has 2 fully saturated rings. The molecule has 0 aromatic rings. The van der Waals surface area contributed by atoms with E-state index in [1.54, 1.807) is 0 Å². The molecule has 0 aromatic heterocycles. The smallest absolute Gasteiger partial charge is 0.314 e. The van der Waals surface area contributed by atoms with E-state index in [-0.39, 0.29) is 6.03 Å². The molecule has 1 unspecified atom stereocenters. The maximum Gasteiger partial charge on any atom is 0.314 e. The van der Waals surface area contributed by atoms with E-state index in [9.17, 15) is 9.90 Å². The number of carbonyl (C=O) groups is 1. The van der Waals surface area contributed by atoms with Gasteiger partial charge in [0.15, 0.2) is 0 Å². The van der Waals surface area contributed by atoms with Gasteiger partial charge in [0.25, 0.3) is 0 Å². The van der Waals surface area contributed by atoms with Crippen LogP contribution in [0.15, 0.2) is 0 Å². The van der Waals surface area contributed by atoms with E-state index >= 15 is 0 Å². The minimum atomic E-state index is -0.777. The van der Waals surface area contributed by atoms with Gasteiger partial charge in [-0.25, -0.2) is 4.79 Å². The van der Waals surface area contributed by atoms with Gasteiger partial charge in [-0.1, -0.05) is 19.3 Å². The van der Waals surface area contributed by atoms with Gasteiger partial charge in [0.05, 0.1) is 5.60 Å². The van der Waals surface area contributed by atoms with Crippen molar-refractivity contribution < 1.29 is 9.90 Å². The Morgan fingerprint density at radius 3 is 2.68 bits per heavy atom. The molecule has 0 radical (unpaired) electrons. The van der Waals surface area contributed by atoms with Crippen molar-refractivity contribution in [3.63, 3.8) is 0 Å². The molecular weight excluding hydrogens is 242 g/mol.